The molecule has 0 spiro atoms. The maximum Gasteiger partial charge on any atom is 0.339 e. The van der Waals surface area contributed by atoms with Crippen molar-refractivity contribution in [1.82, 2.24) is 0 Å². The first-order valence-corrected chi connectivity index (χ1v) is 4.28. The Morgan fingerprint density at radius 3 is 2.62 bits per heavy atom. The third-order valence-electron chi connectivity index (χ3n) is 1.53. The van der Waals surface area contributed by atoms with E-state index < -0.39 is 5.97 Å². The molecule has 1 aromatic rings. The molecule has 1 rings (SSSR count). The molecule has 0 aliphatic carbocycles. The summed E-state index contributed by atoms with van der Waals surface area (Å²) in [5.74, 6) is -0.467. The zero-order valence-corrected chi connectivity index (χ0v) is 8.59. The number of ether oxygens (including phenoxy) is 1. The van der Waals surface area contributed by atoms with E-state index in [4.69, 9.17) is 11.5 Å². The van der Waals surface area contributed by atoms with Gasteiger partial charge in [-0.25, -0.2) is 4.79 Å². The summed E-state index contributed by atoms with van der Waals surface area (Å²) in [6.45, 7) is 0. The van der Waals surface area contributed by atoms with Crippen LogP contribution in [-0.2, 0) is 4.74 Å². The van der Waals surface area contributed by atoms with E-state index in [1.807, 2.05) is 0 Å². The van der Waals surface area contributed by atoms with E-state index in [0.29, 0.717) is 21.4 Å². The summed E-state index contributed by atoms with van der Waals surface area (Å²) in [6, 6.07) is 3.07. The molecule has 0 saturated carbocycles. The van der Waals surface area contributed by atoms with E-state index >= 15 is 0 Å². The molecule has 0 unspecified atom stereocenters. The minimum Gasteiger partial charge on any atom is -0.465 e. The number of hydrogen-bond acceptors (Lipinski definition) is 4. The zero-order valence-electron chi connectivity index (χ0n) is 7.00. The van der Waals surface area contributed by atoms with Gasteiger partial charge in [0.1, 0.15) is 0 Å². The number of esters is 1. The van der Waals surface area contributed by atoms with Crippen molar-refractivity contribution < 1.29 is 9.53 Å². The Kier molecular flexibility index (Phi) is 2.77. The lowest BCUT2D eigenvalue weighted by Crippen LogP contribution is -2.05. The molecule has 0 atom stereocenters. The largest absolute Gasteiger partial charge is 0.465 e. The second-order valence-corrected chi connectivity index (χ2v) is 3.26. The summed E-state index contributed by atoms with van der Waals surface area (Å²) in [7, 11) is 1.30. The molecule has 0 fully saturated rings. The molecule has 0 aliphatic heterocycles. The molecule has 4 nitrogen and oxygen atoms in total. The monoisotopic (exact) mass is 244 g/mol. The number of rotatable bonds is 1. The predicted molar refractivity (Wildman–Crippen MR) is 54.3 cm³/mol. The van der Waals surface area contributed by atoms with Gasteiger partial charge in [0.15, 0.2) is 0 Å². The normalized spacial score (nSPS) is 9.69. The van der Waals surface area contributed by atoms with Crippen LogP contribution in [0.3, 0.4) is 0 Å². The Balaban J connectivity index is 3.28. The van der Waals surface area contributed by atoms with Gasteiger partial charge < -0.3 is 16.2 Å². The number of carbonyl (C=O) groups is 1. The highest BCUT2D eigenvalue weighted by Crippen LogP contribution is 2.27. The maximum absolute atomic E-state index is 11.2. The van der Waals surface area contributed by atoms with Gasteiger partial charge in [-0.15, -0.1) is 0 Å². The van der Waals surface area contributed by atoms with Crippen molar-refractivity contribution in [1.29, 1.82) is 0 Å². The van der Waals surface area contributed by atoms with Crippen LogP contribution in [0.4, 0.5) is 11.4 Å². The van der Waals surface area contributed by atoms with Gasteiger partial charge in [-0.05, 0) is 28.1 Å². The van der Waals surface area contributed by atoms with Crippen LogP contribution in [0.2, 0.25) is 0 Å². The number of carbonyl (C=O) groups excluding carboxylic acids is 1. The molecule has 0 bridgehead atoms. The summed E-state index contributed by atoms with van der Waals surface area (Å²) < 4.78 is 5.05. The topological polar surface area (TPSA) is 78.3 Å². The van der Waals surface area contributed by atoms with Crippen molar-refractivity contribution in [3.05, 3.63) is 22.2 Å². The number of hydrogen-bond donors (Lipinski definition) is 2. The molecule has 0 radical (unpaired) electrons. The van der Waals surface area contributed by atoms with Crippen LogP contribution in [0.25, 0.3) is 0 Å². The van der Waals surface area contributed by atoms with Crippen LogP contribution in [0.1, 0.15) is 10.4 Å². The van der Waals surface area contributed by atoms with Crippen LogP contribution in [0, 0.1) is 0 Å². The number of halogens is 1. The highest BCUT2D eigenvalue weighted by atomic mass is 79.9. The van der Waals surface area contributed by atoms with E-state index in [1.165, 1.54) is 13.2 Å². The fourth-order valence-electron chi connectivity index (χ4n) is 0.929. The van der Waals surface area contributed by atoms with Crippen molar-refractivity contribution in [2.75, 3.05) is 18.6 Å². The van der Waals surface area contributed by atoms with Crippen molar-refractivity contribution in [2.45, 2.75) is 0 Å². The molecule has 0 aromatic heterocycles. The fraction of sp³-hybridized carbons (Fsp3) is 0.125. The van der Waals surface area contributed by atoms with Crippen LogP contribution < -0.4 is 11.5 Å². The second kappa shape index (κ2) is 3.66. The number of nitrogen functional groups attached to an aromatic ring is 2. The summed E-state index contributed by atoms with van der Waals surface area (Å²) in [6.07, 6.45) is 0. The zero-order chi connectivity index (χ0) is 10.0. The standard InChI is InChI=1S/C8H9BrN2O2/c1-13-8(12)5-2-4(10)3-6(11)7(5)9/h2-3H,10-11H2,1H3. The van der Waals surface area contributed by atoms with Crippen LogP contribution in [-0.4, -0.2) is 13.1 Å². The van der Waals surface area contributed by atoms with Gasteiger partial charge >= 0.3 is 5.97 Å². The van der Waals surface area contributed by atoms with E-state index in [0.717, 1.165) is 0 Å². The number of methoxy groups -OCH3 is 1. The molecule has 0 aliphatic rings. The minimum atomic E-state index is -0.467. The van der Waals surface area contributed by atoms with Gasteiger partial charge in [-0.2, -0.15) is 0 Å². The van der Waals surface area contributed by atoms with Gasteiger partial charge in [0.05, 0.1) is 17.1 Å². The first-order valence-electron chi connectivity index (χ1n) is 3.49. The quantitative estimate of drug-likeness (QED) is 0.579. The SMILES string of the molecule is COC(=O)c1cc(N)cc(N)c1Br. The molecule has 1 aromatic carbocycles. The van der Waals surface area contributed by atoms with E-state index in [2.05, 4.69) is 20.7 Å². The summed E-state index contributed by atoms with van der Waals surface area (Å²) in [5.41, 5.74) is 12.3. The molecule has 13 heavy (non-hydrogen) atoms. The third-order valence-corrected chi connectivity index (χ3v) is 2.41. The Hall–Kier alpha value is -1.23. The summed E-state index contributed by atoms with van der Waals surface area (Å²) >= 11 is 3.17. The van der Waals surface area contributed by atoms with E-state index in [9.17, 15) is 4.79 Å². The Bertz CT molecular complexity index is 352. The van der Waals surface area contributed by atoms with Gasteiger partial charge in [-0.1, -0.05) is 0 Å². The van der Waals surface area contributed by atoms with Crippen LogP contribution in [0.15, 0.2) is 16.6 Å². The molecule has 5 heteroatoms. The van der Waals surface area contributed by atoms with Crippen LogP contribution >= 0.6 is 15.9 Å². The molecule has 0 amide bonds. The molecule has 70 valence electrons. The van der Waals surface area contributed by atoms with Crippen molar-refractivity contribution in [3.8, 4) is 0 Å². The average molecular weight is 245 g/mol. The molecular formula is C8H9BrN2O2. The smallest absolute Gasteiger partial charge is 0.339 e. The number of benzene rings is 1. The average Bonchev–Trinajstić information content (AvgIpc) is 2.10. The van der Waals surface area contributed by atoms with Crippen molar-refractivity contribution in [2.24, 2.45) is 0 Å². The van der Waals surface area contributed by atoms with Crippen molar-refractivity contribution in [3.63, 3.8) is 0 Å². The second-order valence-electron chi connectivity index (χ2n) is 2.46. The van der Waals surface area contributed by atoms with Crippen LogP contribution in [0.5, 0.6) is 0 Å². The molecule has 0 heterocycles. The third kappa shape index (κ3) is 1.92. The number of anilines is 2. The van der Waals surface area contributed by atoms with E-state index in [-0.39, 0.29) is 0 Å². The Labute approximate surface area is 84.0 Å². The highest BCUT2D eigenvalue weighted by Gasteiger charge is 2.12. The maximum atomic E-state index is 11.2. The number of nitrogens with two attached hydrogens (primary N) is 2. The summed E-state index contributed by atoms with van der Waals surface area (Å²) in [4.78, 5) is 11.2. The molecule has 4 N–H and O–H groups in total. The van der Waals surface area contributed by atoms with Crippen molar-refractivity contribution >= 4 is 33.3 Å². The molecular weight excluding hydrogens is 236 g/mol. The highest BCUT2D eigenvalue weighted by molar-refractivity contribution is 9.10. The fourth-order valence-corrected chi connectivity index (χ4v) is 1.32. The first-order chi connectivity index (χ1) is 6.06. The lowest BCUT2D eigenvalue weighted by molar-refractivity contribution is 0.0600. The predicted octanol–water partition coefficient (Wildman–Crippen LogP) is 1.40. The molecule has 0 saturated heterocycles. The van der Waals surface area contributed by atoms with E-state index in [1.54, 1.807) is 6.07 Å². The Morgan fingerprint density at radius 2 is 2.08 bits per heavy atom. The summed E-state index contributed by atoms with van der Waals surface area (Å²) in [5, 5.41) is 0. The lowest BCUT2D eigenvalue weighted by atomic mass is 10.2. The van der Waals surface area contributed by atoms with Gasteiger partial charge in [0.2, 0.25) is 0 Å². The minimum absolute atomic E-state index is 0.333. The van der Waals surface area contributed by atoms with Gasteiger partial charge in [-0.3, -0.25) is 0 Å². The Morgan fingerprint density at radius 1 is 1.46 bits per heavy atom. The lowest BCUT2D eigenvalue weighted by Gasteiger charge is -2.06. The first kappa shape index (κ1) is 9.85. The van der Waals surface area contributed by atoms with Gasteiger partial charge in [0.25, 0.3) is 0 Å². The van der Waals surface area contributed by atoms with Gasteiger partial charge in [0, 0.05) is 11.4 Å².